The van der Waals surface area contributed by atoms with Crippen LogP contribution in [0.15, 0.2) is 12.4 Å². The van der Waals surface area contributed by atoms with E-state index >= 15 is 0 Å². The third kappa shape index (κ3) is 2.56. The Morgan fingerprint density at radius 1 is 1.26 bits per heavy atom. The minimum atomic E-state index is 0.738. The number of hydrogen-bond donors (Lipinski definition) is 1. The largest absolute Gasteiger partial charge is 0.353 e. The summed E-state index contributed by atoms with van der Waals surface area (Å²) in [5, 5.41) is 1.19. The van der Waals surface area contributed by atoms with Crippen LogP contribution in [-0.4, -0.2) is 54.1 Å². The van der Waals surface area contributed by atoms with Gasteiger partial charge in [0.1, 0.15) is 17.0 Å². The quantitative estimate of drug-likeness (QED) is 0.910. The topological polar surface area (TPSA) is 58.3 Å². The summed E-state index contributed by atoms with van der Waals surface area (Å²) in [5.74, 6) is 1.08. The standard InChI is InChI=1S/C13H19N5S/c1-10-8-11-12(15-9-16-13(11)19-10)18-6-4-17(3-2-14)5-7-18/h8-9H,2-7,14H2,1H3. The Morgan fingerprint density at radius 2 is 2.05 bits per heavy atom. The number of piperazine rings is 1. The molecule has 1 aliphatic rings. The Morgan fingerprint density at radius 3 is 2.79 bits per heavy atom. The van der Waals surface area contributed by atoms with Gasteiger partial charge in [-0.25, -0.2) is 9.97 Å². The third-order valence-corrected chi connectivity index (χ3v) is 4.51. The molecule has 19 heavy (non-hydrogen) atoms. The summed E-state index contributed by atoms with van der Waals surface area (Å²) < 4.78 is 0. The van der Waals surface area contributed by atoms with Crippen LogP contribution >= 0.6 is 11.3 Å². The lowest BCUT2D eigenvalue weighted by Gasteiger charge is -2.35. The normalized spacial score (nSPS) is 17.3. The first-order chi connectivity index (χ1) is 9.28. The Labute approximate surface area is 117 Å². The fourth-order valence-corrected chi connectivity index (χ4v) is 3.42. The van der Waals surface area contributed by atoms with Crippen molar-refractivity contribution in [3.63, 3.8) is 0 Å². The van der Waals surface area contributed by atoms with Gasteiger partial charge in [0.2, 0.25) is 0 Å². The molecule has 0 aliphatic carbocycles. The number of fused-ring (bicyclic) bond motifs is 1. The molecule has 0 aromatic carbocycles. The molecule has 6 heteroatoms. The van der Waals surface area contributed by atoms with E-state index in [1.165, 1.54) is 10.3 Å². The predicted molar refractivity (Wildman–Crippen MR) is 79.9 cm³/mol. The van der Waals surface area contributed by atoms with Gasteiger partial charge in [0.15, 0.2) is 0 Å². The molecule has 0 bridgehead atoms. The smallest absolute Gasteiger partial charge is 0.140 e. The number of rotatable bonds is 3. The van der Waals surface area contributed by atoms with E-state index in [1.54, 1.807) is 17.7 Å². The van der Waals surface area contributed by atoms with Crippen molar-refractivity contribution in [3.05, 3.63) is 17.3 Å². The van der Waals surface area contributed by atoms with Crippen molar-refractivity contribution in [2.24, 2.45) is 5.73 Å². The molecule has 1 saturated heterocycles. The monoisotopic (exact) mass is 277 g/mol. The van der Waals surface area contributed by atoms with Crippen molar-refractivity contribution in [1.29, 1.82) is 0 Å². The van der Waals surface area contributed by atoms with Crippen molar-refractivity contribution >= 4 is 27.4 Å². The van der Waals surface area contributed by atoms with Crippen molar-refractivity contribution in [1.82, 2.24) is 14.9 Å². The zero-order valence-corrected chi connectivity index (χ0v) is 12.0. The fraction of sp³-hybridized carbons (Fsp3) is 0.538. The number of hydrogen-bond acceptors (Lipinski definition) is 6. The molecular formula is C13H19N5S. The minimum absolute atomic E-state index is 0.738. The van der Waals surface area contributed by atoms with Crippen molar-refractivity contribution in [2.75, 3.05) is 44.2 Å². The van der Waals surface area contributed by atoms with Gasteiger partial charge in [0.25, 0.3) is 0 Å². The van der Waals surface area contributed by atoms with E-state index in [2.05, 4.69) is 32.8 Å². The summed E-state index contributed by atoms with van der Waals surface area (Å²) in [4.78, 5) is 16.0. The molecule has 2 aromatic heterocycles. The van der Waals surface area contributed by atoms with Crippen LogP contribution in [0.25, 0.3) is 10.2 Å². The highest BCUT2D eigenvalue weighted by atomic mass is 32.1. The van der Waals surface area contributed by atoms with E-state index in [0.717, 1.165) is 49.9 Å². The summed E-state index contributed by atoms with van der Waals surface area (Å²) in [5.41, 5.74) is 5.61. The molecule has 0 unspecified atom stereocenters. The maximum absolute atomic E-state index is 5.61. The molecule has 2 N–H and O–H groups in total. The highest BCUT2D eigenvalue weighted by molar-refractivity contribution is 7.18. The minimum Gasteiger partial charge on any atom is -0.353 e. The van der Waals surface area contributed by atoms with Gasteiger partial charge in [-0.3, -0.25) is 4.90 Å². The van der Waals surface area contributed by atoms with E-state index < -0.39 is 0 Å². The van der Waals surface area contributed by atoms with Crippen LogP contribution < -0.4 is 10.6 Å². The van der Waals surface area contributed by atoms with E-state index in [0.29, 0.717) is 0 Å². The zero-order chi connectivity index (χ0) is 13.2. The van der Waals surface area contributed by atoms with Crippen LogP contribution in [-0.2, 0) is 0 Å². The lowest BCUT2D eigenvalue weighted by atomic mass is 10.2. The average molecular weight is 277 g/mol. The SMILES string of the molecule is Cc1cc2c(N3CCN(CCN)CC3)ncnc2s1. The van der Waals surface area contributed by atoms with Gasteiger partial charge in [0, 0.05) is 44.1 Å². The van der Waals surface area contributed by atoms with E-state index in [4.69, 9.17) is 5.73 Å². The highest BCUT2D eigenvalue weighted by Crippen LogP contribution is 2.30. The molecule has 3 rings (SSSR count). The summed E-state index contributed by atoms with van der Waals surface area (Å²) in [6.45, 7) is 8.00. The Balaban J connectivity index is 1.81. The second-order valence-electron chi connectivity index (χ2n) is 4.89. The Hall–Kier alpha value is -1.24. The fourth-order valence-electron chi connectivity index (χ4n) is 2.58. The number of aryl methyl sites for hydroxylation is 1. The number of thiophene rings is 1. The Bertz CT molecular complexity index is 559. The van der Waals surface area contributed by atoms with Gasteiger partial charge in [-0.05, 0) is 13.0 Å². The molecule has 0 spiro atoms. The zero-order valence-electron chi connectivity index (χ0n) is 11.2. The van der Waals surface area contributed by atoms with E-state index in [9.17, 15) is 0 Å². The first kappa shape index (κ1) is 12.8. The van der Waals surface area contributed by atoms with Gasteiger partial charge in [-0.2, -0.15) is 0 Å². The number of nitrogens with two attached hydrogens (primary N) is 1. The van der Waals surface area contributed by atoms with Crippen LogP contribution in [0, 0.1) is 6.92 Å². The van der Waals surface area contributed by atoms with Crippen molar-refractivity contribution < 1.29 is 0 Å². The molecule has 102 valence electrons. The maximum Gasteiger partial charge on any atom is 0.140 e. The summed E-state index contributed by atoms with van der Waals surface area (Å²) in [7, 11) is 0. The van der Waals surface area contributed by atoms with Crippen LogP contribution in [0.1, 0.15) is 4.88 Å². The summed E-state index contributed by atoms with van der Waals surface area (Å²) in [6.07, 6.45) is 1.68. The number of aromatic nitrogens is 2. The molecule has 5 nitrogen and oxygen atoms in total. The molecule has 0 saturated carbocycles. The van der Waals surface area contributed by atoms with E-state index in [1.807, 2.05) is 0 Å². The Kier molecular flexibility index (Phi) is 3.63. The second kappa shape index (κ2) is 5.40. The van der Waals surface area contributed by atoms with Gasteiger partial charge >= 0.3 is 0 Å². The van der Waals surface area contributed by atoms with Crippen molar-refractivity contribution in [2.45, 2.75) is 6.92 Å². The molecule has 0 radical (unpaired) electrons. The highest BCUT2D eigenvalue weighted by Gasteiger charge is 2.19. The molecule has 1 fully saturated rings. The van der Waals surface area contributed by atoms with Gasteiger partial charge in [0.05, 0.1) is 5.39 Å². The molecule has 0 atom stereocenters. The molecule has 2 aromatic rings. The second-order valence-corrected chi connectivity index (χ2v) is 6.13. The van der Waals surface area contributed by atoms with Gasteiger partial charge < -0.3 is 10.6 Å². The molecular weight excluding hydrogens is 258 g/mol. The predicted octanol–water partition coefficient (Wildman–Crippen LogP) is 1.08. The molecule has 0 amide bonds. The summed E-state index contributed by atoms with van der Waals surface area (Å²) >= 11 is 1.73. The lowest BCUT2D eigenvalue weighted by Crippen LogP contribution is -2.48. The average Bonchev–Trinajstić information content (AvgIpc) is 2.80. The summed E-state index contributed by atoms with van der Waals surface area (Å²) in [6, 6.07) is 2.20. The van der Waals surface area contributed by atoms with Crippen LogP contribution in [0.5, 0.6) is 0 Å². The lowest BCUT2D eigenvalue weighted by molar-refractivity contribution is 0.264. The third-order valence-electron chi connectivity index (χ3n) is 3.55. The molecule has 1 aliphatic heterocycles. The van der Waals surface area contributed by atoms with Gasteiger partial charge in [-0.15, -0.1) is 11.3 Å². The van der Waals surface area contributed by atoms with Crippen LogP contribution in [0.3, 0.4) is 0 Å². The number of nitrogens with zero attached hydrogens (tertiary/aromatic N) is 4. The maximum atomic E-state index is 5.61. The van der Waals surface area contributed by atoms with Crippen LogP contribution in [0.4, 0.5) is 5.82 Å². The van der Waals surface area contributed by atoms with E-state index in [-0.39, 0.29) is 0 Å². The first-order valence-corrected chi connectivity index (χ1v) is 7.48. The van der Waals surface area contributed by atoms with Gasteiger partial charge in [-0.1, -0.05) is 0 Å². The number of anilines is 1. The van der Waals surface area contributed by atoms with Crippen LogP contribution in [0.2, 0.25) is 0 Å². The first-order valence-electron chi connectivity index (χ1n) is 6.66. The van der Waals surface area contributed by atoms with Crippen molar-refractivity contribution in [3.8, 4) is 0 Å². The molecule has 3 heterocycles.